The van der Waals surface area contributed by atoms with E-state index in [0.717, 1.165) is 6.07 Å². The summed E-state index contributed by atoms with van der Waals surface area (Å²) in [5.41, 5.74) is 0.720. The van der Waals surface area contributed by atoms with Gasteiger partial charge in [-0.3, -0.25) is 0 Å². The summed E-state index contributed by atoms with van der Waals surface area (Å²) >= 11 is 0. The fraction of sp³-hybridized carbons (Fsp3) is 0.308. The van der Waals surface area contributed by atoms with Crippen LogP contribution in [-0.4, -0.2) is 25.0 Å². The molecule has 0 aliphatic heterocycles. The number of halogens is 2. The first-order chi connectivity index (χ1) is 8.20. The maximum Gasteiger partial charge on any atom is 0.217 e. The van der Waals surface area contributed by atoms with E-state index in [-0.39, 0.29) is 11.4 Å². The number of nitrogens with zero attached hydrogens (tertiary/aromatic N) is 1. The van der Waals surface area contributed by atoms with Gasteiger partial charge in [0, 0.05) is 11.8 Å². The molecule has 0 bridgehead atoms. The van der Waals surface area contributed by atoms with Gasteiger partial charge in [0.05, 0.1) is 0 Å². The van der Waals surface area contributed by atoms with Gasteiger partial charge in [-0.15, -0.1) is 0 Å². The molecule has 18 heavy (non-hydrogen) atoms. The average Bonchev–Trinajstić information content (AvgIpc) is 2.21. The molecular weight excluding hydrogens is 256 g/mol. The Bertz CT molecular complexity index is 492. The van der Waals surface area contributed by atoms with Gasteiger partial charge in [0.15, 0.2) is 11.6 Å². The van der Waals surface area contributed by atoms with Crippen LogP contribution in [0.1, 0.15) is 11.1 Å². The molecule has 5 heteroatoms. The molecule has 0 aliphatic carbocycles. The van der Waals surface area contributed by atoms with Crippen molar-refractivity contribution in [2.75, 3.05) is 18.8 Å². The summed E-state index contributed by atoms with van der Waals surface area (Å²) in [5, 5.41) is 0. The van der Waals surface area contributed by atoms with Crippen molar-refractivity contribution in [1.29, 1.82) is 0 Å². The van der Waals surface area contributed by atoms with Gasteiger partial charge in [0.25, 0.3) is 0 Å². The topological polar surface area (TPSA) is 21.6 Å². The Kier molecular flexibility index (Phi) is 4.51. The van der Waals surface area contributed by atoms with Gasteiger partial charge >= 0.3 is 0 Å². The lowest BCUT2D eigenvalue weighted by molar-refractivity contribution is 0.481. The lowest BCUT2D eigenvalue weighted by atomic mass is 10.1. The maximum absolute atomic E-state index is 13.5. The molecule has 0 N–H and O–H groups in total. The monoisotopic (exact) mass is 273 g/mol. The zero-order valence-electron chi connectivity index (χ0n) is 11.0. The Morgan fingerprint density at radius 2 is 1.94 bits per heavy atom. The summed E-state index contributed by atoms with van der Waals surface area (Å²) in [6.45, 7) is 5.30. The molecule has 100 valence electrons. The van der Waals surface area contributed by atoms with E-state index >= 15 is 0 Å². The number of rotatable bonds is 4. The van der Waals surface area contributed by atoms with Crippen LogP contribution in [0.4, 0.5) is 8.78 Å². The van der Waals surface area contributed by atoms with Crippen LogP contribution in [-0.2, 0) is 4.18 Å². The molecule has 0 fully saturated rings. The highest BCUT2D eigenvalue weighted by molar-refractivity contribution is 8.28. The van der Waals surface area contributed by atoms with E-state index in [0.29, 0.717) is 5.56 Å². The molecule has 0 saturated carbocycles. The van der Waals surface area contributed by atoms with Crippen LogP contribution in [0, 0.1) is 18.6 Å². The summed E-state index contributed by atoms with van der Waals surface area (Å²) in [4.78, 5) is 3.92. The fourth-order valence-corrected chi connectivity index (χ4v) is 1.89. The van der Waals surface area contributed by atoms with Gasteiger partial charge in [-0.2, -0.15) is 0 Å². The summed E-state index contributed by atoms with van der Waals surface area (Å²) in [6, 6.07) is 2.59. The third-order valence-electron chi connectivity index (χ3n) is 2.03. The third kappa shape index (κ3) is 4.14. The molecule has 1 rings (SSSR count). The minimum absolute atomic E-state index is 0.114. The van der Waals surface area contributed by atoms with Crippen LogP contribution in [0.2, 0.25) is 0 Å². The van der Waals surface area contributed by atoms with Gasteiger partial charge in [-0.25, -0.2) is 13.8 Å². The molecule has 0 atom stereocenters. The maximum atomic E-state index is 13.5. The summed E-state index contributed by atoms with van der Waals surface area (Å²) in [7, 11) is -1.24. The molecule has 1 aromatic rings. The number of aryl methyl sites for hydroxylation is 1. The van der Waals surface area contributed by atoms with Crippen molar-refractivity contribution in [1.82, 2.24) is 0 Å². The van der Waals surface area contributed by atoms with Crippen LogP contribution in [0.15, 0.2) is 29.6 Å². The van der Waals surface area contributed by atoms with E-state index in [9.17, 15) is 8.78 Å². The molecule has 0 aromatic heterocycles. The van der Waals surface area contributed by atoms with E-state index in [1.807, 2.05) is 18.8 Å². The third-order valence-corrected chi connectivity index (χ3v) is 2.73. The van der Waals surface area contributed by atoms with Crippen molar-refractivity contribution in [3.8, 4) is 0 Å². The summed E-state index contributed by atoms with van der Waals surface area (Å²) in [5.74, 6) is -1.61. The van der Waals surface area contributed by atoms with Gasteiger partial charge in [-0.1, -0.05) is 16.4 Å². The minimum atomic E-state index is -1.24. The lowest BCUT2D eigenvalue weighted by Gasteiger charge is -2.25. The Morgan fingerprint density at radius 1 is 1.33 bits per heavy atom. The molecule has 2 nitrogen and oxygen atoms in total. The molecule has 0 unspecified atom stereocenters. The Labute approximate surface area is 108 Å². The normalized spacial score (nSPS) is 12.8. The van der Waals surface area contributed by atoms with Crippen molar-refractivity contribution in [2.24, 2.45) is 4.99 Å². The van der Waals surface area contributed by atoms with Gasteiger partial charge in [0.2, 0.25) is 5.88 Å². The van der Waals surface area contributed by atoms with E-state index in [4.69, 9.17) is 4.18 Å². The smallest absolute Gasteiger partial charge is 0.217 e. The van der Waals surface area contributed by atoms with Crippen LogP contribution in [0.3, 0.4) is 0 Å². The van der Waals surface area contributed by atoms with Gasteiger partial charge < -0.3 is 4.18 Å². The number of benzene rings is 1. The molecule has 0 amide bonds. The number of hydrogen-bond acceptors (Lipinski definition) is 2. The summed E-state index contributed by atoms with van der Waals surface area (Å²) in [6.07, 6.45) is 7.03. The highest BCUT2D eigenvalue weighted by Gasteiger charge is 2.10. The van der Waals surface area contributed by atoms with Crippen LogP contribution >= 0.6 is 10.3 Å². The predicted molar refractivity (Wildman–Crippen MR) is 74.3 cm³/mol. The largest absolute Gasteiger partial charge is 0.430 e. The molecule has 0 saturated heterocycles. The molecule has 0 radical (unpaired) electrons. The molecule has 0 aliphatic rings. The Balaban J connectivity index is 2.92. The molecule has 0 heterocycles. The lowest BCUT2D eigenvalue weighted by Crippen LogP contribution is -1.99. The molecular formula is C13H17F2NOS. The first-order valence-electron chi connectivity index (χ1n) is 5.26. The van der Waals surface area contributed by atoms with Crippen molar-refractivity contribution < 1.29 is 13.0 Å². The van der Waals surface area contributed by atoms with E-state index < -0.39 is 21.9 Å². The standard InChI is InChI=1S/C13H17F2NOS/c1-9-6-7-12(14)13(15)11(9)8-16-10(2)17-18(3,4)5/h6-8H,2H2,1,3-5H3/b16-8+. The second kappa shape index (κ2) is 5.52. The number of aliphatic imine (C=N–C) groups is 1. The Morgan fingerprint density at radius 3 is 2.50 bits per heavy atom. The molecule has 1 aromatic carbocycles. The van der Waals surface area contributed by atoms with E-state index in [2.05, 4.69) is 11.6 Å². The van der Waals surface area contributed by atoms with Gasteiger partial charge in [0.1, 0.15) is 0 Å². The zero-order chi connectivity index (χ0) is 13.9. The highest BCUT2D eigenvalue weighted by atomic mass is 32.3. The van der Waals surface area contributed by atoms with Crippen LogP contribution in [0.25, 0.3) is 0 Å². The van der Waals surface area contributed by atoms with E-state index in [1.54, 1.807) is 6.92 Å². The average molecular weight is 273 g/mol. The van der Waals surface area contributed by atoms with E-state index in [1.165, 1.54) is 12.3 Å². The van der Waals surface area contributed by atoms with Crippen molar-refractivity contribution in [2.45, 2.75) is 6.92 Å². The first-order valence-corrected chi connectivity index (χ1v) is 8.04. The SMILES string of the molecule is C=C(/N=C/c1c(C)ccc(F)c1F)OS(C)(C)C. The van der Waals surface area contributed by atoms with Crippen LogP contribution < -0.4 is 0 Å². The summed E-state index contributed by atoms with van der Waals surface area (Å²) < 4.78 is 32.0. The molecule has 0 spiro atoms. The zero-order valence-corrected chi connectivity index (χ0v) is 11.8. The second-order valence-corrected chi connectivity index (χ2v) is 8.17. The van der Waals surface area contributed by atoms with Crippen molar-refractivity contribution in [3.05, 3.63) is 47.4 Å². The predicted octanol–water partition coefficient (Wildman–Crippen LogP) is 3.79. The minimum Gasteiger partial charge on any atom is -0.430 e. The van der Waals surface area contributed by atoms with Crippen molar-refractivity contribution in [3.63, 3.8) is 0 Å². The first kappa shape index (κ1) is 14.7. The Hall–Kier alpha value is -1.36. The highest BCUT2D eigenvalue weighted by Crippen LogP contribution is 2.38. The fourth-order valence-electron chi connectivity index (χ4n) is 1.27. The second-order valence-electron chi connectivity index (χ2n) is 4.55. The van der Waals surface area contributed by atoms with Crippen molar-refractivity contribution >= 4 is 16.5 Å². The number of hydrogen-bond donors (Lipinski definition) is 0. The quantitative estimate of drug-likeness (QED) is 0.604. The van der Waals surface area contributed by atoms with Gasteiger partial charge in [-0.05, 0) is 43.9 Å². The van der Waals surface area contributed by atoms with Crippen LogP contribution in [0.5, 0.6) is 0 Å².